The fourth-order valence-corrected chi connectivity index (χ4v) is 4.61. The summed E-state index contributed by atoms with van der Waals surface area (Å²) in [5.41, 5.74) is 3.10. The maximum absolute atomic E-state index is 5.18. The van der Waals surface area contributed by atoms with Crippen molar-refractivity contribution < 1.29 is 4.74 Å². The van der Waals surface area contributed by atoms with E-state index >= 15 is 0 Å². The predicted molar refractivity (Wildman–Crippen MR) is 101 cm³/mol. The molecule has 0 fully saturated rings. The minimum Gasteiger partial charge on any atom is -0.497 e. The first-order valence-corrected chi connectivity index (χ1v) is 10.2. The second-order valence-electron chi connectivity index (χ2n) is 5.02. The monoisotopic (exact) mass is 387 g/mol. The third-order valence-corrected chi connectivity index (χ3v) is 6.00. The van der Waals surface area contributed by atoms with Crippen LogP contribution in [0.3, 0.4) is 0 Å². The molecule has 0 aliphatic rings. The molecule has 3 heterocycles. The van der Waals surface area contributed by atoms with Gasteiger partial charge >= 0.3 is 0 Å². The number of ether oxygens (including phenoxy) is 1. The molecule has 0 spiro atoms. The molecule has 6 nitrogen and oxygen atoms in total. The van der Waals surface area contributed by atoms with Gasteiger partial charge < -0.3 is 4.74 Å². The summed E-state index contributed by atoms with van der Waals surface area (Å²) < 4.78 is 6.90. The van der Waals surface area contributed by atoms with Crippen LogP contribution in [0.2, 0.25) is 0 Å². The summed E-state index contributed by atoms with van der Waals surface area (Å²) in [5.74, 6) is 1.52. The fourth-order valence-electron chi connectivity index (χ4n) is 2.18. The van der Waals surface area contributed by atoms with E-state index in [1.807, 2.05) is 24.3 Å². The van der Waals surface area contributed by atoms with Crippen LogP contribution in [0.25, 0.3) is 16.3 Å². The lowest BCUT2D eigenvalue weighted by atomic mass is 10.3. The molecule has 126 valence electrons. The van der Waals surface area contributed by atoms with Crippen LogP contribution in [-0.4, -0.2) is 32.3 Å². The molecule has 0 saturated carbocycles. The Hall–Kier alpha value is -2.23. The van der Waals surface area contributed by atoms with E-state index in [2.05, 4.69) is 42.7 Å². The second kappa shape index (κ2) is 7.34. The number of methoxy groups -OCH3 is 1. The van der Waals surface area contributed by atoms with Crippen LogP contribution in [0, 0.1) is 0 Å². The molecule has 4 rings (SSSR count). The van der Waals surface area contributed by atoms with Gasteiger partial charge in [-0.1, -0.05) is 11.8 Å². The quantitative estimate of drug-likeness (QED) is 0.463. The van der Waals surface area contributed by atoms with Crippen molar-refractivity contribution >= 4 is 34.4 Å². The van der Waals surface area contributed by atoms with Crippen molar-refractivity contribution in [3.05, 3.63) is 52.2 Å². The molecule has 0 radical (unpaired) electrons. The number of aromatic nitrogens is 5. The van der Waals surface area contributed by atoms with E-state index in [1.165, 1.54) is 5.56 Å². The molecule has 0 aliphatic carbocycles. The Morgan fingerprint density at radius 2 is 2.04 bits per heavy atom. The second-order valence-corrected chi connectivity index (χ2v) is 7.60. The fraction of sp³-hybridized carbons (Fsp3) is 0.125. The van der Waals surface area contributed by atoms with Crippen LogP contribution in [0.4, 0.5) is 0 Å². The summed E-state index contributed by atoms with van der Waals surface area (Å²) in [6, 6.07) is 9.72. The van der Waals surface area contributed by atoms with Crippen LogP contribution in [0.1, 0.15) is 5.69 Å². The summed E-state index contributed by atoms with van der Waals surface area (Å²) in [4.78, 5) is 4.69. The highest BCUT2D eigenvalue weighted by Crippen LogP contribution is 2.29. The zero-order valence-electron chi connectivity index (χ0n) is 13.2. The van der Waals surface area contributed by atoms with Gasteiger partial charge in [-0.15, -0.1) is 16.4 Å². The number of rotatable bonds is 6. The number of thiophene rings is 1. The van der Waals surface area contributed by atoms with Crippen LogP contribution < -0.4 is 4.74 Å². The Balaban J connectivity index is 1.48. The molecule has 0 N–H and O–H groups in total. The minimum absolute atomic E-state index is 0.719. The van der Waals surface area contributed by atoms with Crippen LogP contribution in [0.15, 0.2) is 51.6 Å². The largest absolute Gasteiger partial charge is 0.497 e. The van der Waals surface area contributed by atoms with Gasteiger partial charge in [0.2, 0.25) is 5.16 Å². The molecule has 25 heavy (non-hydrogen) atoms. The molecule has 0 bridgehead atoms. The van der Waals surface area contributed by atoms with Gasteiger partial charge in [0.25, 0.3) is 0 Å². The van der Waals surface area contributed by atoms with Crippen LogP contribution >= 0.6 is 34.4 Å². The predicted octanol–water partition coefficient (Wildman–Crippen LogP) is 4.15. The summed E-state index contributed by atoms with van der Waals surface area (Å²) in [5, 5.41) is 20.0. The van der Waals surface area contributed by atoms with Gasteiger partial charge in [0.15, 0.2) is 0 Å². The van der Waals surface area contributed by atoms with E-state index in [9.17, 15) is 0 Å². The number of thiazole rings is 1. The van der Waals surface area contributed by atoms with Crippen molar-refractivity contribution in [2.45, 2.75) is 10.9 Å². The zero-order valence-corrected chi connectivity index (χ0v) is 15.6. The summed E-state index contributed by atoms with van der Waals surface area (Å²) in [6.45, 7) is 0. The Labute approximate surface area is 156 Å². The first kappa shape index (κ1) is 16.2. The number of nitrogens with zero attached hydrogens (tertiary/aromatic N) is 5. The lowest BCUT2D eigenvalue weighted by Crippen LogP contribution is -1.99. The number of hydrogen-bond acceptors (Lipinski definition) is 8. The Morgan fingerprint density at radius 1 is 1.16 bits per heavy atom. The molecule has 0 unspecified atom stereocenters. The molecule has 0 aliphatic heterocycles. The summed E-state index contributed by atoms with van der Waals surface area (Å²) in [7, 11) is 1.64. The zero-order chi connectivity index (χ0) is 17.1. The Morgan fingerprint density at radius 3 is 2.80 bits per heavy atom. The Kier molecular flexibility index (Phi) is 4.77. The van der Waals surface area contributed by atoms with Gasteiger partial charge in [0.1, 0.15) is 10.8 Å². The third kappa shape index (κ3) is 3.58. The SMILES string of the molecule is COc1ccc(-n2nnnc2SCc2csc(-c3ccsc3)n2)cc1. The van der Waals surface area contributed by atoms with Crippen molar-refractivity contribution in [2.24, 2.45) is 0 Å². The van der Waals surface area contributed by atoms with Gasteiger partial charge in [0, 0.05) is 22.1 Å². The lowest BCUT2D eigenvalue weighted by Gasteiger charge is -2.04. The topological polar surface area (TPSA) is 65.7 Å². The van der Waals surface area contributed by atoms with E-state index in [4.69, 9.17) is 4.74 Å². The van der Waals surface area contributed by atoms with Crippen molar-refractivity contribution in [2.75, 3.05) is 7.11 Å². The number of thioether (sulfide) groups is 1. The third-order valence-electron chi connectivity index (χ3n) is 3.43. The number of benzene rings is 1. The van der Waals surface area contributed by atoms with Gasteiger partial charge in [-0.3, -0.25) is 0 Å². The molecule has 1 aromatic carbocycles. The first-order valence-electron chi connectivity index (χ1n) is 7.36. The molecule has 0 amide bonds. The van der Waals surface area contributed by atoms with E-state index in [1.54, 1.807) is 46.2 Å². The van der Waals surface area contributed by atoms with Crippen molar-refractivity contribution in [3.8, 4) is 22.0 Å². The highest BCUT2D eigenvalue weighted by atomic mass is 32.2. The van der Waals surface area contributed by atoms with Gasteiger partial charge in [-0.05, 0) is 46.1 Å². The van der Waals surface area contributed by atoms with Crippen molar-refractivity contribution in [1.29, 1.82) is 0 Å². The van der Waals surface area contributed by atoms with Gasteiger partial charge in [0.05, 0.1) is 18.5 Å². The highest BCUT2D eigenvalue weighted by Gasteiger charge is 2.11. The van der Waals surface area contributed by atoms with E-state index in [0.29, 0.717) is 0 Å². The van der Waals surface area contributed by atoms with Gasteiger partial charge in [-0.2, -0.15) is 16.0 Å². The standard InChI is InChI=1S/C16H13N5OS3/c1-22-14-4-2-13(3-5-14)21-16(18-19-20-21)25-10-12-9-24-15(17-12)11-6-7-23-8-11/h2-9H,10H2,1H3. The van der Waals surface area contributed by atoms with E-state index in [0.717, 1.165) is 33.0 Å². The minimum atomic E-state index is 0.719. The molecule has 4 aromatic rings. The smallest absolute Gasteiger partial charge is 0.214 e. The normalized spacial score (nSPS) is 10.9. The molecular weight excluding hydrogens is 374 g/mol. The highest BCUT2D eigenvalue weighted by molar-refractivity contribution is 7.98. The average Bonchev–Trinajstić information content (AvgIpc) is 3.40. The summed E-state index contributed by atoms with van der Waals surface area (Å²) in [6.07, 6.45) is 0. The van der Waals surface area contributed by atoms with Crippen LogP contribution in [-0.2, 0) is 5.75 Å². The number of hydrogen-bond donors (Lipinski definition) is 0. The average molecular weight is 388 g/mol. The lowest BCUT2D eigenvalue weighted by molar-refractivity contribution is 0.414. The van der Waals surface area contributed by atoms with Crippen LogP contribution in [0.5, 0.6) is 5.75 Å². The molecule has 3 aromatic heterocycles. The molecular formula is C16H13N5OS3. The molecule has 0 atom stereocenters. The maximum Gasteiger partial charge on any atom is 0.214 e. The van der Waals surface area contributed by atoms with Crippen molar-refractivity contribution in [3.63, 3.8) is 0 Å². The molecule has 0 saturated heterocycles. The van der Waals surface area contributed by atoms with Gasteiger partial charge in [-0.25, -0.2) is 4.98 Å². The van der Waals surface area contributed by atoms with E-state index < -0.39 is 0 Å². The summed E-state index contributed by atoms with van der Waals surface area (Å²) >= 11 is 4.90. The number of tetrazole rings is 1. The molecule has 9 heteroatoms. The first-order chi connectivity index (χ1) is 12.3. The maximum atomic E-state index is 5.18. The van der Waals surface area contributed by atoms with E-state index in [-0.39, 0.29) is 0 Å². The Bertz CT molecular complexity index is 946. The van der Waals surface area contributed by atoms with Crippen molar-refractivity contribution in [1.82, 2.24) is 25.2 Å².